The Labute approximate surface area is 162 Å². The number of para-hydroxylation sites is 2. The molecule has 0 saturated carbocycles. The van der Waals surface area contributed by atoms with Crippen molar-refractivity contribution >= 4 is 23.1 Å². The number of anilines is 1. The molecule has 29 heavy (non-hydrogen) atoms. The van der Waals surface area contributed by atoms with Crippen LogP contribution < -0.4 is 15.0 Å². The van der Waals surface area contributed by atoms with Crippen LogP contribution in [0.15, 0.2) is 48.8 Å². The van der Waals surface area contributed by atoms with Gasteiger partial charge in [-0.3, -0.25) is 9.59 Å². The van der Waals surface area contributed by atoms with E-state index in [2.05, 4.69) is 10.3 Å². The number of fused-ring (bicyclic) bond motifs is 2. The van der Waals surface area contributed by atoms with Gasteiger partial charge in [-0.25, -0.2) is 4.98 Å². The highest BCUT2D eigenvalue weighted by molar-refractivity contribution is 6.02. The number of hydrogen-bond acceptors (Lipinski definition) is 4. The van der Waals surface area contributed by atoms with Gasteiger partial charge < -0.3 is 19.4 Å². The lowest BCUT2D eigenvalue weighted by Gasteiger charge is -2.20. The molecule has 0 saturated heterocycles. The summed E-state index contributed by atoms with van der Waals surface area (Å²) in [7, 11) is 1.55. The third-order valence-corrected chi connectivity index (χ3v) is 4.59. The van der Waals surface area contributed by atoms with Crippen LogP contribution in [0.4, 0.5) is 18.9 Å². The molecule has 150 valence electrons. The van der Waals surface area contributed by atoms with Crippen LogP contribution in [-0.2, 0) is 11.0 Å². The molecule has 0 spiro atoms. The van der Waals surface area contributed by atoms with Crippen molar-refractivity contribution in [2.24, 2.45) is 0 Å². The second kappa shape index (κ2) is 6.80. The third kappa shape index (κ3) is 3.37. The van der Waals surface area contributed by atoms with Gasteiger partial charge in [0.2, 0.25) is 0 Å². The SMILES string of the molecule is CN1C(=O)[C@@H](NC(=O)c2cn3cccc(C(F)(F)F)c3n2)COc2ccccc21. The number of pyridine rings is 1. The maximum Gasteiger partial charge on any atom is 0.419 e. The number of alkyl halides is 3. The zero-order valence-electron chi connectivity index (χ0n) is 15.1. The first kappa shape index (κ1) is 18.8. The minimum Gasteiger partial charge on any atom is -0.489 e. The molecule has 0 unspecified atom stereocenters. The quantitative estimate of drug-likeness (QED) is 0.712. The normalized spacial score (nSPS) is 16.9. The van der Waals surface area contributed by atoms with Gasteiger partial charge in [0.15, 0.2) is 0 Å². The number of ether oxygens (including phenoxy) is 1. The summed E-state index contributed by atoms with van der Waals surface area (Å²) in [5.41, 5.74) is -1.03. The number of aromatic nitrogens is 2. The lowest BCUT2D eigenvalue weighted by molar-refractivity contribution is -0.136. The van der Waals surface area contributed by atoms with Crippen LogP contribution >= 0.6 is 0 Å². The Morgan fingerprint density at radius 2 is 2.00 bits per heavy atom. The summed E-state index contributed by atoms with van der Waals surface area (Å²) in [5, 5.41) is 2.50. The Kier molecular flexibility index (Phi) is 4.40. The fourth-order valence-corrected chi connectivity index (χ4v) is 3.13. The van der Waals surface area contributed by atoms with E-state index < -0.39 is 35.2 Å². The highest BCUT2D eigenvalue weighted by Gasteiger charge is 2.35. The summed E-state index contributed by atoms with van der Waals surface area (Å²) >= 11 is 0. The van der Waals surface area contributed by atoms with Gasteiger partial charge in [0.25, 0.3) is 11.8 Å². The third-order valence-electron chi connectivity index (χ3n) is 4.59. The topological polar surface area (TPSA) is 75.9 Å². The van der Waals surface area contributed by atoms with Crippen LogP contribution in [0, 0.1) is 0 Å². The van der Waals surface area contributed by atoms with Crippen LogP contribution in [-0.4, -0.2) is 40.9 Å². The van der Waals surface area contributed by atoms with Gasteiger partial charge in [-0.2, -0.15) is 13.2 Å². The van der Waals surface area contributed by atoms with E-state index in [-0.39, 0.29) is 12.3 Å². The van der Waals surface area contributed by atoms with Crippen LogP contribution in [0.2, 0.25) is 0 Å². The molecule has 0 bridgehead atoms. The molecule has 10 heteroatoms. The van der Waals surface area contributed by atoms with E-state index in [1.165, 1.54) is 23.4 Å². The number of imidazole rings is 1. The van der Waals surface area contributed by atoms with E-state index in [1.54, 1.807) is 31.3 Å². The van der Waals surface area contributed by atoms with E-state index in [1.807, 2.05) is 0 Å². The zero-order valence-corrected chi connectivity index (χ0v) is 15.1. The molecule has 0 radical (unpaired) electrons. The van der Waals surface area contributed by atoms with Crippen molar-refractivity contribution in [3.63, 3.8) is 0 Å². The Hall–Kier alpha value is -3.56. The van der Waals surface area contributed by atoms with E-state index in [9.17, 15) is 22.8 Å². The molecule has 1 aliphatic rings. The van der Waals surface area contributed by atoms with Crippen molar-refractivity contribution in [3.8, 4) is 5.75 Å². The Morgan fingerprint density at radius 1 is 1.24 bits per heavy atom. The number of rotatable bonds is 2. The van der Waals surface area contributed by atoms with E-state index >= 15 is 0 Å². The second-order valence-electron chi connectivity index (χ2n) is 6.48. The standard InChI is InChI=1S/C19H15F3N4O3/c1-25-14-6-2-3-7-15(14)29-10-13(18(25)28)24-17(27)12-9-26-8-4-5-11(16(26)23-12)19(20,21)22/h2-9,13H,10H2,1H3,(H,24,27)/t13-/m0/s1. The summed E-state index contributed by atoms with van der Waals surface area (Å²) in [6, 6.07) is 7.99. The first-order valence-electron chi connectivity index (χ1n) is 8.61. The van der Waals surface area contributed by atoms with Crippen LogP contribution in [0.25, 0.3) is 5.65 Å². The monoisotopic (exact) mass is 404 g/mol. The first-order chi connectivity index (χ1) is 13.8. The second-order valence-corrected chi connectivity index (χ2v) is 6.48. The van der Waals surface area contributed by atoms with Gasteiger partial charge in [-0.15, -0.1) is 0 Å². The predicted molar refractivity (Wildman–Crippen MR) is 96.8 cm³/mol. The molecule has 2 amide bonds. The Bertz CT molecular complexity index is 1110. The lowest BCUT2D eigenvalue weighted by Crippen LogP contribution is -2.49. The molecule has 1 aromatic carbocycles. The fraction of sp³-hybridized carbons (Fsp3) is 0.211. The van der Waals surface area contributed by atoms with Crippen LogP contribution in [0.5, 0.6) is 5.75 Å². The molecule has 1 atom stereocenters. The molecule has 3 aromatic rings. The minimum atomic E-state index is -4.61. The van der Waals surface area contributed by atoms with Crippen molar-refractivity contribution in [1.29, 1.82) is 0 Å². The number of carbonyl (C=O) groups is 2. The van der Waals surface area contributed by atoms with E-state index in [0.717, 1.165) is 10.5 Å². The average Bonchev–Trinajstić information content (AvgIpc) is 3.09. The van der Waals surface area contributed by atoms with Crippen molar-refractivity contribution in [3.05, 3.63) is 60.0 Å². The Balaban J connectivity index is 1.59. The van der Waals surface area contributed by atoms with Gasteiger partial charge in [0.1, 0.15) is 29.7 Å². The maximum absolute atomic E-state index is 13.1. The molecule has 1 N–H and O–H groups in total. The number of carbonyl (C=O) groups excluding carboxylic acids is 2. The molecule has 1 aliphatic heterocycles. The van der Waals surface area contributed by atoms with Gasteiger partial charge >= 0.3 is 6.18 Å². The summed E-state index contributed by atoms with van der Waals surface area (Å²) in [5.74, 6) is -0.700. The van der Waals surface area contributed by atoms with Crippen molar-refractivity contribution in [1.82, 2.24) is 14.7 Å². The number of nitrogens with zero attached hydrogens (tertiary/aromatic N) is 3. The zero-order chi connectivity index (χ0) is 20.8. The van der Waals surface area contributed by atoms with Crippen molar-refractivity contribution < 1.29 is 27.5 Å². The number of hydrogen-bond donors (Lipinski definition) is 1. The number of nitrogens with one attached hydrogen (secondary N) is 1. The molecule has 4 rings (SSSR count). The van der Waals surface area contributed by atoms with Gasteiger partial charge in [0.05, 0.1) is 11.3 Å². The largest absolute Gasteiger partial charge is 0.489 e. The molecule has 0 fully saturated rings. The van der Waals surface area contributed by atoms with E-state index in [0.29, 0.717) is 11.4 Å². The van der Waals surface area contributed by atoms with Gasteiger partial charge in [-0.1, -0.05) is 12.1 Å². The number of benzene rings is 1. The summed E-state index contributed by atoms with van der Waals surface area (Å²) < 4.78 is 46.2. The lowest BCUT2D eigenvalue weighted by atomic mass is 10.2. The highest BCUT2D eigenvalue weighted by atomic mass is 19.4. The molecular formula is C19H15F3N4O3. The maximum atomic E-state index is 13.1. The summed E-state index contributed by atoms with van der Waals surface area (Å²) in [6.07, 6.45) is -2.07. The average molecular weight is 404 g/mol. The number of amides is 2. The first-order valence-corrected chi connectivity index (χ1v) is 8.61. The fourth-order valence-electron chi connectivity index (χ4n) is 3.13. The molecular weight excluding hydrogens is 389 g/mol. The smallest absolute Gasteiger partial charge is 0.419 e. The van der Waals surface area contributed by atoms with Gasteiger partial charge in [-0.05, 0) is 24.3 Å². The summed E-state index contributed by atoms with van der Waals surface area (Å²) in [4.78, 5) is 30.5. The van der Waals surface area contributed by atoms with Crippen LogP contribution in [0.1, 0.15) is 16.1 Å². The molecule has 2 aromatic heterocycles. The van der Waals surface area contributed by atoms with Crippen LogP contribution in [0.3, 0.4) is 0 Å². The predicted octanol–water partition coefficient (Wildman–Crippen LogP) is 2.51. The van der Waals surface area contributed by atoms with Crippen molar-refractivity contribution in [2.75, 3.05) is 18.6 Å². The van der Waals surface area contributed by atoms with Gasteiger partial charge in [0, 0.05) is 19.4 Å². The minimum absolute atomic E-state index is 0.118. The molecule has 7 nitrogen and oxygen atoms in total. The molecule has 3 heterocycles. The van der Waals surface area contributed by atoms with Crippen molar-refractivity contribution in [2.45, 2.75) is 12.2 Å². The molecule has 0 aliphatic carbocycles. The number of halogens is 3. The Morgan fingerprint density at radius 3 is 2.76 bits per heavy atom. The number of likely N-dealkylation sites (N-methyl/N-ethyl adjacent to an activating group) is 1. The summed E-state index contributed by atoms with van der Waals surface area (Å²) in [6.45, 7) is -0.118. The van der Waals surface area contributed by atoms with E-state index in [4.69, 9.17) is 4.74 Å². The highest BCUT2D eigenvalue weighted by Crippen LogP contribution is 2.32.